The van der Waals surface area contributed by atoms with Gasteiger partial charge in [-0.2, -0.15) is 0 Å². The second kappa shape index (κ2) is 7.55. The van der Waals surface area contributed by atoms with Gasteiger partial charge in [0, 0.05) is 19.3 Å². The van der Waals surface area contributed by atoms with Crippen LogP contribution in [0.25, 0.3) is 6.08 Å². The summed E-state index contributed by atoms with van der Waals surface area (Å²) in [6.45, 7) is 3.02. The zero-order chi connectivity index (χ0) is 18.6. The van der Waals surface area contributed by atoms with Crippen molar-refractivity contribution in [3.05, 3.63) is 59.5 Å². The lowest BCUT2D eigenvalue weighted by molar-refractivity contribution is -0.116. The van der Waals surface area contributed by atoms with Crippen molar-refractivity contribution in [2.75, 3.05) is 31.2 Å². The Morgan fingerprint density at radius 3 is 2.67 bits per heavy atom. The second-order valence-electron chi connectivity index (χ2n) is 6.24. The maximum Gasteiger partial charge on any atom is 0.329 e. The Morgan fingerprint density at radius 1 is 1.11 bits per heavy atom. The summed E-state index contributed by atoms with van der Waals surface area (Å²) in [6, 6.07) is 10.8. The van der Waals surface area contributed by atoms with Crippen LogP contribution in [0.2, 0.25) is 0 Å². The monoisotopic (exact) mass is 365 g/mol. The molecule has 2 saturated heterocycles. The van der Waals surface area contributed by atoms with Gasteiger partial charge >= 0.3 is 6.03 Å². The van der Waals surface area contributed by atoms with Gasteiger partial charge in [-0.3, -0.25) is 15.0 Å². The minimum atomic E-state index is -0.433. The van der Waals surface area contributed by atoms with Gasteiger partial charge < -0.3 is 9.64 Å². The van der Waals surface area contributed by atoms with Gasteiger partial charge in [0.05, 0.1) is 25.5 Å². The van der Waals surface area contributed by atoms with Gasteiger partial charge in [-0.1, -0.05) is 30.3 Å². The SMILES string of the molecule is O=C1NC(=O)N(Cc2ccccc2)/C1=C/c1ccnc(N2CCOCC2)n1. The number of ether oxygens (including phenoxy) is 1. The van der Waals surface area contributed by atoms with Gasteiger partial charge in [-0.15, -0.1) is 0 Å². The summed E-state index contributed by atoms with van der Waals surface area (Å²) in [4.78, 5) is 36.8. The van der Waals surface area contributed by atoms with Gasteiger partial charge in [0.2, 0.25) is 5.95 Å². The number of carbonyl (C=O) groups excluding carboxylic acids is 2. The number of nitrogens with zero attached hydrogens (tertiary/aromatic N) is 4. The Morgan fingerprint density at radius 2 is 1.89 bits per heavy atom. The van der Waals surface area contributed by atoms with Crippen molar-refractivity contribution < 1.29 is 14.3 Å². The molecular weight excluding hydrogens is 346 g/mol. The average Bonchev–Trinajstić information content (AvgIpc) is 2.97. The number of anilines is 1. The first-order chi connectivity index (χ1) is 13.2. The number of carbonyl (C=O) groups is 2. The van der Waals surface area contributed by atoms with Crippen LogP contribution in [0.15, 0.2) is 48.3 Å². The summed E-state index contributed by atoms with van der Waals surface area (Å²) in [5, 5.41) is 2.34. The number of rotatable bonds is 4. The van der Waals surface area contributed by atoms with Crippen molar-refractivity contribution in [2.24, 2.45) is 0 Å². The van der Waals surface area contributed by atoms with Gasteiger partial charge in [-0.25, -0.2) is 14.8 Å². The van der Waals surface area contributed by atoms with Crippen LogP contribution in [0, 0.1) is 0 Å². The predicted molar refractivity (Wildman–Crippen MR) is 98.6 cm³/mol. The number of benzene rings is 1. The molecule has 2 aliphatic rings. The maximum absolute atomic E-state index is 12.3. The summed E-state index contributed by atoms with van der Waals surface area (Å²) in [6.07, 6.45) is 3.27. The molecule has 0 aliphatic carbocycles. The van der Waals surface area contributed by atoms with Crippen molar-refractivity contribution in [2.45, 2.75) is 6.54 Å². The van der Waals surface area contributed by atoms with Crippen LogP contribution in [-0.4, -0.2) is 53.1 Å². The number of urea groups is 1. The van der Waals surface area contributed by atoms with Crippen LogP contribution in [0.3, 0.4) is 0 Å². The largest absolute Gasteiger partial charge is 0.378 e. The summed E-state index contributed by atoms with van der Waals surface area (Å²) in [5.74, 6) is 0.162. The summed E-state index contributed by atoms with van der Waals surface area (Å²) >= 11 is 0. The zero-order valence-electron chi connectivity index (χ0n) is 14.7. The lowest BCUT2D eigenvalue weighted by atomic mass is 10.2. The number of nitrogens with one attached hydrogen (secondary N) is 1. The van der Waals surface area contributed by atoms with E-state index in [-0.39, 0.29) is 5.70 Å². The molecule has 0 atom stereocenters. The molecule has 0 unspecified atom stereocenters. The van der Waals surface area contributed by atoms with Gasteiger partial charge in [-0.05, 0) is 17.7 Å². The van der Waals surface area contributed by atoms with Gasteiger partial charge in [0.25, 0.3) is 5.91 Å². The van der Waals surface area contributed by atoms with Crippen LogP contribution < -0.4 is 10.2 Å². The Labute approximate surface area is 156 Å². The molecule has 0 saturated carbocycles. The Kier molecular flexibility index (Phi) is 4.80. The molecule has 3 amide bonds. The molecule has 8 heteroatoms. The molecule has 2 aromatic rings. The van der Waals surface area contributed by atoms with Gasteiger partial charge in [0.1, 0.15) is 5.70 Å². The van der Waals surface area contributed by atoms with E-state index >= 15 is 0 Å². The zero-order valence-corrected chi connectivity index (χ0v) is 14.7. The highest BCUT2D eigenvalue weighted by Crippen LogP contribution is 2.20. The third kappa shape index (κ3) is 3.80. The molecule has 8 nitrogen and oxygen atoms in total. The van der Waals surface area contributed by atoms with E-state index in [1.165, 1.54) is 4.90 Å². The van der Waals surface area contributed by atoms with Gasteiger partial charge in [0.15, 0.2) is 0 Å². The molecule has 2 aliphatic heterocycles. The average molecular weight is 365 g/mol. The van der Waals surface area contributed by atoms with E-state index < -0.39 is 11.9 Å². The van der Waals surface area contributed by atoms with Crippen molar-refractivity contribution in [1.82, 2.24) is 20.2 Å². The highest BCUT2D eigenvalue weighted by molar-refractivity contribution is 6.13. The topological polar surface area (TPSA) is 87.7 Å². The van der Waals surface area contributed by atoms with E-state index in [1.54, 1.807) is 18.3 Å². The van der Waals surface area contributed by atoms with Crippen LogP contribution in [0.4, 0.5) is 10.7 Å². The maximum atomic E-state index is 12.3. The van der Waals surface area contributed by atoms with Crippen LogP contribution in [0.1, 0.15) is 11.3 Å². The van der Waals surface area contributed by atoms with Crippen molar-refractivity contribution in [3.8, 4) is 0 Å². The molecule has 1 aromatic heterocycles. The van der Waals surface area contributed by atoms with E-state index in [2.05, 4.69) is 15.3 Å². The van der Waals surface area contributed by atoms with E-state index in [0.29, 0.717) is 31.4 Å². The minimum Gasteiger partial charge on any atom is -0.378 e. The first-order valence-corrected chi connectivity index (χ1v) is 8.75. The number of imide groups is 1. The third-order valence-electron chi connectivity index (χ3n) is 4.42. The molecule has 0 spiro atoms. The van der Waals surface area contributed by atoms with Crippen LogP contribution in [0.5, 0.6) is 0 Å². The molecule has 1 N–H and O–H groups in total. The quantitative estimate of drug-likeness (QED) is 0.651. The molecular formula is C19H19N5O3. The number of morpholine rings is 1. The van der Waals surface area contributed by atoms with Crippen molar-refractivity contribution in [3.63, 3.8) is 0 Å². The molecule has 138 valence electrons. The molecule has 0 bridgehead atoms. The fourth-order valence-corrected chi connectivity index (χ4v) is 3.03. The van der Waals surface area contributed by atoms with E-state index in [4.69, 9.17) is 4.74 Å². The van der Waals surface area contributed by atoms with Crippen LogP contribution in [-0.2, 0) is 16.1 Å². The number of hydrogen-bond acceptors (Lipinski definition) is 6. The summed E-state index contributed by atoms with van der Waals surface area (Å²) in [7, 11) is 0. The highest BCUT2D eigenvalue weighted by atomic mass is 16.5. The lowest BCUT2D eigenvalue weighted by Crippen LogP contribution is -2.37. The number of amides is 3. The molecule has 27 heavy (non-hydrogen) atoms. The fraction of sp³-hybridized carbons (Fsp3) is 0.263. The summed E-state index contributed by atoms with van der Waals surface area (Å²) < 4.78 is 5.35. The summed E-state index contributed by atoms with van der Waals surface area (Å²) in [5.41, 5.74) is 1.78. The number of aromatic nitrogens is 2. The smallest absolute Gasteiger partial charge is 0.329 e. The molecule has 0 radical (unpaired) electrons. The molecule has 2 fully saturated rings. The van der Waals surface area contributed by atoms with Crippen molar-refractivity contribution in [1.29, 1.82) is 0 Å². The Balaban J connectivity index is 1.60. The molecule has 1 aromatic carbocycles. The fourth-order valence-electron chi connectivity index (χ4n) is 3.03. The van der Waals surface area contributed by atoms with E-state index in [1.807, 2.05) is 35.2 Å². The predicted octanol–water partition coefficient (Wildman–Crippen LogP) is 1.41. The Hall–Kier alpha value is -3.26. The first kappa shape index (κ1) is 17.2. The molecule has 3 heterocycles. The minimum absolute atomic E-state index is 0.274. The third-order valence-corrected chi connectivity index (χ3v) is 4.42. The molecule has 4 rings (SSSR count). The Bertz CT molecular complexity index is 878. The number of hydrogen-bond donors (Lipinski definition) is 1. The highest BCUT2D eigenvalue weighted by Gasteiger charge is 2.33. The normalized spacial score (nSPS) is 18.9. The van der Waals surface area contributed by atoms with Crippen LogP contribution >= 0.6 is 0 Å². The van der Waals surface area contributed by atoms with E-state index in [0.717, 1.165) is 18.7 Å². The standard InChI is InChI=1S/C19H19N5O3/c25-17-16(24(19(26)22-17)13-14-4-2-1-3-5-14)12-15-6-7-20-18(21-15)23-8-10-27-11-9-23/h1-7,12H,8-11,13H2,(H,22,25,26)/b16-12+. The first-order valence-electron chi connectivity index (χ1n) is 8.75. The van der Waals surface area contributed by atoms with E-state index in [9.17, 15) is 9.59 Å². The second-order valence-corrected chi connectivity index (χ2v) is 6.24. The lowest BCUT2D eigenvalue weighted by Gasteiger charge is -2.26. The van der Waals surface area contributed by atoms with Crippen molar-refractivity contribution >= 4 is 24.0 Å².